The van der Waals surface area contributed by atoms with Crippen LogP contribution < -0.4 is 10.1 Å². The number of nitrogens with zero attached hydrogens (tertiary/aromatic N) is 1. The van der Waals surface area contributed by atoms with Crippen LogP contribution in [0.25, 0.3) is 0 Å². The van der Waals surface area contributed by atoms with Gasteiger partial charge in [0, 0.05) is 12.6 Å². The van der Waals surface area contributed by atoms with Crippen molar-refractivity contribution in [3.63, 3.8) is 0 Å². The van der Waals surface area contributed by atoms with E-state index in [4.69, 9.17) is 4.74 Å². The minimum atomic E-state index is 0.0212. The van der Waals surface area contributed by atoms with Crippen molar-refractivity contribution in [3.05, 3.63) is 28.8 Å². The number of benzene rings is 1. The third-order valence-electron chi connectivity index (χ3n) is 3.94. The van der Waals surface area contributed by atoms with Crippen LogP contribution in [0.2, 0.25) is 0 Å². The fraction of sp³-hybridized carbons (Fsp3) is 0.533. The van der Waals surface area contributed by atoms with Gasteiger partial charge in [0.2, 0.25) is 0 Å². The summed E-state index contributed by atoms with van der Waals surface area (Å²) in [5.41, 5.74) is 3.50. The molecule has 1 atom stereocenters. The summed E-state index contributed by atoms with van der Waals surface area (Å²) in [6.45, 7) is 8.93. The average Bonchev–Trinajstić information content (AvgIpc) is 2.74. The van der Waals surface area contributed by atoms with Crippen LogP contribution in [-0.4, -0.2) is 30.6 Å². The molecule has 19 heavy (non-hydrogen) atoms. The first-order valence-corrected chi connectivity index (χ1v) is 6.67. The van der Waals surface area contributed by atoms with Gasteiger partial charge in [-0.1, -0.05) is 6.07 Å². The Balaban J connectivity index is 2.29. The molecule has 1 fully saturated rings. The van der Waals surface area contributed by atoms with Crippen LogP contribution in [-0.2, 0) is 0 Å². The van der Waals surface area contributed by atoms with E-state index in [2.05, 4.69) is 25.2 Å². The molecule has 0 bridgehead atoms. The molecule has 1 aliphatic rings. The Labute approximate surface area is 114 Å². The lowest BCUT2D eigenvalue weighted by Gasteiger charge is -2.20. The number of rotatable bonds is 3. The first-order chi connectivity index (χ1) is 8.95. The van der Waals surface area contributed by atoms with E-state index in [1.54, 1.807) is 7.11 Å². The van der Waals surface area contributed by atoms with Crippen LogP contribution in [0.15, 0.2) is 12.1 Å². The molecule has 0 radical (unpaired) electrons. The van der Waals surface area contributed by atoms with E-state index in [0.717, 1.165) is 17.9 Å². The second kappa shape index (κ2) is 5.11. The summed E-state index contributed by atoms with van der Waals surface area (Å²) in [5.74, 6) is 0.895. The van der Waals surface area contributed by atoms with Crippen molar-refractivity contribution in [2.75, 3.05) is 13.7 Å². The van der Waals surface area contributed by atoms with Gasteiger partial charge >= 0.3 is 6.03 Å². The third kappa shape index (κ3) is 2.39. The SMILES string of the molecule is COc1ccc(C2CN(C(C)C)C(=O)N2)c(C)c1C. The molecular formula is C15H22N2O2. The maximum atomic E-state index is 11.9. The molecule has 1 aromatic carbocycles. The summed E-state index contributed by atoms with van der Waals surface area (Å²) in [4.78, 5) is 13.8. The lowest BCUT2D eigenvalue weighted by atomic mass is 9.97. The van der Waals surface area contributed by atoms with Gasteiger partial charge in [-0.05, 0) is 50.5 Å². The average molecular weight is 262 g/mol. The number of carbonyl (C=O) groups is 1. The Hall–Kier alpha value is -1.71. The number of nitrogens with one attached hydrogen (secondary N) is 1. The minimum Gasteiger partial charge on any atom is -0.496 e. The van der Waals surface area contributed by atoms with Gasteiger partial charge in [0.05, 0.1) is 13.2 Å². The van der Waals surface area contributed by atoms with Gasteiger partial charge in [0.1, 0.15) is 5.75 Å². The van der Waals surface area contributed by atoms with Crippen molar-refractivity contribution in [2.24, 2.45) is 0 Å². The van der Waals surface area contributed by atoms with Crippen LogP contribution in [0.4, 0.5) is 4.79 Å². The summed E-state index contributed by atoms with van der Waals surface area (Å²) in [6.07, 6.45) is 0. The number of ether oxygens (including phenoxy) is 1. The zero-order valence-electron chi connectivity index (χ0n) is 12.3. The molecule has 1 N–H and O–H groups in total. The normalized spacial score (nSPS) is 18.9. The molecule has 2 rings (SSSR count). The summed E-state index contributed by atoms with van der Waals surface area (Å²) in [5, 5.41) is 3.05. The van der Waals surface area contributed by atoms with Gasteiger partial charge in [0.25, 0.3) is 0 Å². The second-order valence-corrected chi connectivity index (χ2v) is 5.36. The molecule has 1 aromatic rings. The van der Waals surface area contributed by atoms with Gasteiger partial charge in [0.15, 0.2) is 0 Å². The third-order valence-corrected chi connectivity index (χ3v) is 3.94. The lowest BCUT2D eigenvalue weighted by Crippen LogP contribution is -2.33. The topological polar surface area (TPSA) is 41.6 Å². The van der Waals surface area contributed by atoms with Gasteiger partial charge in [-0.3, -0.25) is 0 Å². The van der Waals surface area contributed by atoms with Crippen molar-refractivity contribution in [1.29, 1.82) is 0 Å². The summed E-state index contributed by atoms with van der Waals surface area (Å²) >= 11 is 0. The van der Waals surface area contributed by atoms with E-state index >= 15 is 0 Å². The predicted octanol–water partition coefficient (Wildman–Crippen LogP) is 2.79. The lowest BCUT2D eigenvalue weighted by molar-refractivity contribution is 0.206. The summed E-state index contributed by atoms with van der Waals surface area (Å²) in [6, 6.07) is 4.34. The highest BCUT2D eigenvalue weighted by atomic mass is 16.5. The number of amides is 2. The van der Waals surface area contributed by atoms with Gasteiger partial charge < -0.3 is 15.0 Å². The van der Waals surface area contributed by atoms with Crippen LogP contribution in [0.5, 0.6) is 5.75 Å². The van der Waals surface area contributed by atoms with Crippen LogP contribution in [0.3, 0.4) is 0 Å². The molecule has 1 saturated heterocycles. The molecule has 1 aliphatic heterocycles. The molecule has 104 valence electrons. The van der Waals surface area contributed by atoms with E-state index in [1.165, 1.54) is 11.1 Å². The minimum absolute atomic E-state index is 0.0212. The zero-order valence-corrected chi connectivity index (χ0v) is 12.3. The molecule has 2 amide bonds. The molecule has 0 aliphatic carbocycles. The maximum absolute atomic E-state index is 11.9. The number of carbonyl (C=O) groups excluding carboxylic acids is 1. The van der Waals surface area contributed by atoms with Gasteiger partial charge in [-0.15, -0.1) is 0 Å². The Morgan fingerprint density at radius 3 is 2.53 bits per heavy atom. The quantitative estimate of drug-likeness (QED) is 0.910. The molecule has 0 spiro atoms. The number of urea groups is 1. The van der Waals surface area contributed by atoms with E-state index in [9.17, 15) is 4.79 Å². The summed E-state index contributed by atoms with van der Waals surface area (Å²) in [7, 11) is 1.68. The molecule has 1 heterocycles. The van der Waals surface area contributed by atoms with Crippen molar-refractivity contribution < 1.29 is 9.53 Å². The molecule has 1 unspecified atom stereocenters. The zero-order chi connectivity index (χ0) is 14.2. The maximum Gasteiger partial charge on any atom is 0.318 e. The van der Waals surface area contributed by atoms with Crippen molar-refractivity contribution in [3.8, 4) is 5.75 Å². The smallest absolute Gasteiger partial charge is 0.318 e. The first-order valence-electron chi connectivity index (χ1n) is 6.67. The first kappa shape index (κ1) is 13.7. The van der Waals surface area contributed by atoms with Gasteiger partial charge in [-0.25, -0.2) is 4.79 Å². The fourth-order valence-corrected chi connectivity index (χ4v) is 2.59. The van der Waals surface area contributed by atoms with E-state index in [0.29, 0.717) is 0 Å². The second-order valence-electron chi connectivity index (χ2n) is 5.36. The molecular weight excluding hydrogens is 240 g/mol. The Bertz CT molecular complexity index is 497. The number of hydrogen-bond donors (Lipinski definition) is 1. The Morgan fingerprint density at radius 2 is 2.00 bits per heavy atom. The fourth-order valence-electron chi connectivity index (χ4n) is 2.59. The molecule has 4 nitrogen and oxygen atoms in total. The van der Waals surface area contributed by atoms with Crippen LogP contribution >= 0.6 is 0 Å². The largest absolute Gasteiger partial charge is 0.496 e. The molecule has 0 saturated carbocycles. The van der Waals surface area contributed by atoms with E-state index in [1.807, 2.05) is 24.8 Å². The molecule has 4 heteroatoms. The monoisotopic (exact) mass is 262 g/mol. The summed E-state index contributed by atoms with van der Waals surface area (Å²) < 4.78 is 5.33. The van der Waals surface area contributed by atoms with Crippen LogP contribution in [0.1, 0.15) is 36.6 Å². The standard InChI is InChI=1S/C15H22N2O2/c1-9(2)17-8-13(16-15(17)18)12-6-7-14(19-5)11(4)10(12)3/h6-7,9,13H,8H2,1-5H3,(H,16,18). The Kier molecular flexibility index (Phi) is 3.69. The van der Waals surface area contributed by atoms with Gasteiger partial charge in [-0.2, -0.15) is 0 Å². The van der Waals surface area contributed by atoms with Crippen molar-refractivity contribution in [1.82, 2.24) is 10.2 Å². The highest BCUT2D eigenvalue weighted by Crippen LogP contribution is 2.30. The molecule has 0 aromatic heterocycles. The van der Waals surface area contributed by atoms with E-state index in [-0.39, 0.29) is 18.1 Å². The highest BCUT2D eigenvalue weighted by molar-refractivity contribution is 5.77. The Morgan fingerprint density at radius 1 is 1.32 bits per heavy atom. The highest BCUT2D eigenvalue weighted by Gasteiger charge is 2.32. The number of methoxy groups -OCH3 is 1. The van der Waals surface area contributed by atoms with Crippen molar-refractivity contribution >= 4 is 6.03 Å². The van der Waals surface area contributed by atoms with Crippen molar-refractivity contribution in [2.45, 2.75) is 39.8 Å². The van der Waals surface area contributed by atoms with Crippen LogP contribution in [0, 0.1) is 13.8 Å². The number of hydrogen-bond acceptors (Lipinski definition) is 2. The van der Waals surface area contributed by atoms with E-state index < -0.39 is 0 Å². The predicted molar refractivity (Wildman–Crippen MR) is 75.6 cm³/mol.